The second-order valence-corrected chi connectivity index (χ2v) is 4.47. The van der Waals surface area contributed by atoms with Gasteiger partial charge in [-0.25, -0.2) is 8.51 Å². The summed E-state index contributed by atoms with van der Waals surface area (Å²) in [5.74, 6) is 0.683. The quantitative estimate of drug-likeness (QED) is 0.770. The third-order valence-corrected chi connectivity index (χ3v) is 3.90. The van der Waals surface area contributed by atoms with E-state index in [0.717, 1.165) is 18.0 Å². The fraction of sp³-hybridized carbons (Fsp3) is 0.455. The van der Waals surface area contributed by atoms with Gasteiger partial charge >= 0.3 is 0 Å². The first-order valence-corrected chi connectivity index (χ1v) is 6.15. The van der Waals surface area contributed by atoms with Crippen LogP contribution in [-0.4, -0.2) is 28.7 Å². The number of rotatable bonds is 5. The van der Waals surface area contributed by atoms with Crippen molar-refractivity contribution < 1.29 is 8.95 Å². The predicted molar refractivity (Wildman–Crippen MR) is 62.3 cm³/mol. The predicted octanol–water partition coefficient (Wildman–Crippen LogP) is 2.06. The van der Waals surface area contributed by atoms with Crippen LogP contribution < -0.4 is 4.74 Å². The lowest BCUT2D eigenvalue weighted by Gasteiger charge is -2.18. The van der Waals surface area contributed by atoms with Crippen molar-refractivity contribution in [2.75, 3.05) is 20.2 Å². The molecule has 0 heterocycles. The lowest BCUT2D eigenvalue weighted by atomic mass is 10.3. The molecule has 0 saturated carbocycles. The van der Waals surface area contributed by atoms with Crippen molar-refractivity contribution in [1.29, 1.82) is 0 Å². The van der Waals surface area contributed by atoms with Crippen molar-refractivity contribution in [1.82, 2.24) is 4.31 Å². The molecule has 4 heteroatoms. The van der Waals surface area contributed by atoms with Crippen LogP contribution in [0.15, 0.2) is 29.2 Å². The van der Waals surface area contributed by atoms with Gasteiger partial charge in [0.1, 0.15) is 16.7 Å². The van der Waals surface area contributed by atoms with Gasteiger partial charge in [0.05, 0.1) is 12.0 Å². The second-order valence-electron chi connectivity index (χ2n) is 3.01. The van der Waals surface area contributed by atoms with Gasteiger partial charge in [0.2, 0.25) is 0 Å². The fourth-order valence-electron chi connectivity index (χ4n) is 1.36. The van der Waals surface area contributed by atoms with Gasteiger partial charge in [0.25, 0.3) is 0 Å². The molecule has 84 valence electrons. The van der Waals surface area contributed by atoms with Gasteiger partial charge < -0.3 is 4.74 Å². The molecular weight excluding hydrogens is 210 g/mol. The molecule has 0 bridgehead atoms. The minimum absolute atomic E-state index is 0.683. The van der Waals surface area contributed by atoms with E-state index in [-0.39, 0.29) is 0 Å². The molecular formula is C11H17NO2S. The zero-order valence-electron chi connectivity index (χ0n) is 9.40. The first kappa shape index (κ1) is 12.2. The summed E-state index contributed by atoms with van der Waals surface area (Å²) in [6.07, 6.45) is 0. The number of methoxy groups -OCH3 is 1. The summed E-state index contributed by atoms with van der Waals surface area (Å²) in [6, 6.07) is 7.42. The third kappa shape index (κ3) is 2.79. The highest BCUT2D eigenvalue weighted by Gasteiger charge is 2.15. The lowest BCUT2D eigenvalue weighted by Crippen LogP contribution is -2.25. The zero-order valence-corrected chi connectivity index (χ0v) is 10.2. The highest BCUT2D eigenvalue weighted by Crippen LogP contribution is 2.22. The molecule has 0 radical (unpaired) electrons. The monoisotopic (exact) mass is 227 g/mol. The van der Waals surface area contributed by atoms with Crippen LogP contribution in [0.2, 0.25) is 0 Å². The lowest BCUT2D eigenvalue weighted by molar-refractivity contribution is 0.401. The summed E-state index contributed by atoms with van der Waals surface area (Å²) in [4.78, 5) is 0.740. The Kier molecular flexibility index (Phi) is 4.78. The fourth-order valence-corrected chi connectivity index (χ4v) is 2.63. The van der Waals surface area contributed by atoms with E-state index < -0.39 is 11.0 Å². The van der Waals surface area contributed by atoms with Crippen LogP contribution in [0, 0.1) is 0 Å². The van der Waals surface area contributed by atoms with Gasteiger partial charge in [-0.15, -0.1) is 0 Å². The van der Waals surface area contributed by atoms with Gasteiger partial charge in [-0.2, -0.15) is 0 Å². The summed E-state index contributed by atoms with van der Waals surface area (Å²) in [6.45, 7) is 5.52. The molecule has 1 aromatic rings. The van der Waals surface area contributed by atoms with Gasteiger partial charge in [0, 0.05) is 13.1 Å². The van der Waals surface area contributed by atoms with Gasteiger partial charge in [-0.3, -0.25) is 0 Å². The largest absolute Gasteiger partial charge is 0.495 e. The van der Waals surface area contributed by atoms with Crippen LogP contribution in [0.4, 0.5) is 0 Å². The highest BCUT2D eigenvalue weighted by atomic mass is 32.2. The molecule has 0 N–H and O–H groups in total. The number of benzene rings is 1. The molecule has 0 aliphatic heterocycles. The molecule has 1 rings (SSSR count). The van der Waals surface area contributed by atoms with E-state index in [1.165, 1.54) is 0 Å². The van der Waals surface area contributed by atoms with E-state index in [2.05, 4.69) is 0 Å². The summed E-state index contributed by atoms with van der Waals surface area (Å²) in [7, 11) is 0.471. The van der Waals surface area contributed by atoms with E-state index >= 15 is 0 Å². The van der Waals surface area contributed by atoms with Crippen molar-refractivity contribution in [3.63, 3.8) is 0 Å². The van der Waals surface area contributed by atoms with E-state index in [4.69, 9.17) is 4.74 Å². The number of ether oxygens (including phenoxy) is 1. The second kappa shape index (κ2) is 5.88. The standard InChI is InChI=1S/C11H17NO2S/c1-4-12(5-2)15(13)11-9-7-6-8-10(11)14-3/h6-9H,4-5H2,1-3H3. The van der Waals surface area contributed by atoms with Crippen molar-refractivity contribution >= 4 is 11.0 Å². The Morgan fingerprint density at radius 2 is 1.87 bits per heavy atom. The smallest absolute Gasteiger partial charge is 0.136 e. The molecule has 1 atom stereocenters. The van der Waals surface area contributed by atoms with Crippen LogP contribution in [0.5, 0.6) is 5.75 Å². The maximum Gasteiger partial charge on any atom is 0.136 e. The van der Waals surface area contributed by atoms with Crippen molar-refractivity contribution in [3.05, 3.63) is 24.3 Å². The summed E-state index contributed by atoms with van der Waals surface area (Å²) < 4.78 is 19.2. The van der Waals surface area contributed by atoms with E-state index in [0.29, 0.717) is 5.75 Å². The van der Waals surface area contributed by atoms with Crippen molar-refractivity contribution in [3.8, 4) is 5.75 Å². The Morgan fingerprint density at radius 1 is 1.27 bits per heavy atom. The maximum absolute atomic E-state index is 12.1. The van der Waals surface area contributed by atoms with Crippen molar-refractivity contribution in [2.24, 2.45) is 0 Å². The minimum Gasteiger partial charge on any atom is -0.495 e. The normalized spacial score (nSPS) is 12.8. The Balaban J connectivity index is 2.99. The molecule has 1 aromatic carbocycles. The van der Waals surface area contributed by atoms with Gasteiger partial charge in [-0.05, 0) is 12.1 Å². The Morgan fingerprint density at radius 3 is 2.40 bits per heavy atom. The van der Waals surface area contributed by atoms with Gasteiger partial charge in [-0.1, -0.05) is 26.0 Å². The van der Waals surface area contributed by atoms with Gasteiger partial charge in [0.15, 0.2) is 0 Å². The summed E-state index contributed by atoms with van der Waals surface area (Å²) >= 11 is 0. The molecule has 0 aliphatic carbocycles. The average Bonchev–Trinajstić information content (AvgIpc) is 2.30. The SMILES string of the molecule is CCN(CC)S(=O)c1ccccc1OC. The van der Waals surface area contributed by atoms with E-state index in [1.54, 1.807) is 7.11 Å². The zero-order chi connectivity index (χ0) is 11.3. The van der Waals surface area contributed by atoms with Crippen molar-refractivity contribution in [2.45, 2.75) is 18.7 Å². The topological polar surface area (TPSA) is 29.5 Å². The first-order valence-electron chi connectivity index (χ1n) is 5.04. The molecule has 0 saturated heterocycles. The number of nitrogens with zero attached hydrogens (tertiary/aromatic N) is 1. The number of para-hydroxylation sites is 1. The maximum atomic E-state index is 12.1. The van der Waals surface area contributed by atoms with Crippen LogP contribution in [0.3, 0.4) is 0 Å². The molecule has 0 amide bonds. The minimum atomic E-state index is -1.12. The third-order valence-electron chi connectivity index (χ3n) is 2.20. The Bertz CT molecular complexity index is 337. The highest BCUT2D eigenvalue weighted by molar-refractivity contribution is 7.82. The molecule has 3 nitrogen and oxygen atoms in total. The van der Waals surface area contributed by atoms with Crippen LogP contribution >= 0.6 is 0 Å². The van der Waals surface area contributed by atoms with E-state index in [1.807, 2.05) is 42.4 Å². The van der Waals surface area contributed by atoms with Crippen LogP contribution in [-0.2, 0) is 11.0 Å². The molecule has 0 aliphatic rings. The molecule has 0 spiro atoms. The number of hydrogen-bond donors (Lipinski definition) is 0. The summed E-state index contributed by atoms with van der Waals surface area (Å²) in [5, 5.41) is 0. The van der Waals surface area contributed by atoms with E-state index in [9.17, 15) is 4.21 Å². The molecule has 0 fully saturated rings. The van der Waals surface area contributed by atoms with Crippen LogP contribution in [0.25, 0.3) is 0 Å². The molecule has 0 aromatic heterocycles. The molecule has 15 heavy (non-hydrogen) atoms. The average molecular weight is 227 g/mol. The van der Waals surface area contributed by atoms with Crippen LogP contribution in [0.1, 0.15) is 13.8 Å². The first-order chi connectivity index (χ1) is 7.24. The number of hydrogen-bond acceptors (Lipinski definition) is 2. The molecule has 1 unspecified atom stereocenters. The summed E-state index contributed by atoms with van der Waals surface area (Å²) in [5.41, 5.74) is 0. The Hall–Kier alpha value is -0.870. The Labute approximate surface area is 93.6 Å².